The number of esters is 1. The molecule has 0 bridgehead atoms. The lowest BCUT2D eigenvalue weighted by Crippen LogP contribution is -2.51. The number of carbonyl (C=O) groups excluding carboxylic acids is 1. The first kappa shape index (κ1) is 26.9. The first-order chi connectivity index (χ1) is 15.8. The lowest BCUT2D eigenvalue weighted by molar-refractivity contribution is -0.146. The topological polar surface area (TPSA) is 82.1 Å². The number of benzene rings is 1. The molecule has 1 aliphatic rings. The number of ether oxygens (including phenoxy) is 2. The van der Waals surface area contributed by atoms with Gasteiger partial charge in [-0.25, -0.2) is 8.42 Å². The number of hydrogen-bond donors (Lipinski definition) is 0. The standard InChI is InChI=1S/C24H35NO6S2Si/c1-24(2,3)34(6,7)31-16-20-19-13-15-32-21(19)12-14-25(22(20)23(26)30-5)33(27,28)18-10-8-17(29-4)9-11-18/h8-11,13,15,20,22H,12,14,16H2,1-7H3/t20-,22-/m1/s1. The fourth-order valence-corrected chi connectivity index (χ4v) is 7.44. The molecule has 10 heteroatoms. The molecule has 1 aliphatic heterocycles. The van der Waals surface area contributed by atoms with Crippen molar-refractivity contribution in [2.24, 2.45) is 0 Å². The van der Waals surface area contributed by atoms with Crippen LogP contribution in [0.5, 0.6) is 5.75 Å². The predicted molar refractivity (Wildman–Crippen MR) is 137 cm³/mol. The van der Waals surface area contributed by atoms with E-state index in [0.717, 1.165) is 10.4 Å². The first-order valence-electron chi connectivity index (χ1n) is 11.3. The van der Waals surface area contributed by atoms with Gasteiger partial charge in [0, 0.05) is 23.9 Å². The summed E-state index contributed by atoms with van der Waals surface area (Å²) >= 11 is 1.58. The fourth-order valence-electron chi connectivity index (χ4n) is 3.86. The van der Waals surface area contributed by atoms with E-state index < -0.39 is 36.3 Å². The minimum absolute atomic E-state index is 0.0230. The Bertz CT molecular complexity index is 1110. The maximum absolute atomic E-state index is 13.8. The second-order valence-corrected chi connectivity index (χ2v) is 17.7. The van der Waals surface area contributed by atoms with Crippen LogP contribution in [0.1, 0.15) is 37.1 Å². The number of thiophene rings is 1. The third-order valence-electron chi connectivity index (χ3n) is 6.97. The van der Waals surface area contributed by atoms with Crippen molar-refractivity contribution in [3.8, 4) is 5.75 Å². The summed E-state index contributed by atoms with van der Waals surface area (Å²) < 4.78 is 45.8. The maximum Gasteiger partial charge on any atom is 0.324 e. The summed E-state index contributed by atoms with van der Waals surface area (Å²) in [5.41, 5.74) is 0.964. The summed E-state index contributed by atoms with van der Waals surface area (Å²) in [5, 5.41) is 1.97. The van der Waals surface area contributed by atoms with Gasteiger partial charge in [-0.15, -0.1) is 11.3 Å². The quantitative estimate of drug-likeness (QED) is 0.387. The molecule has 2 heterocycles. The lowest BCUT2D eigenvalue weighted by Gasteiger charge is -2.39. The van der Waals surface area contributed by atoms with Gasteiger partial charge in [0.15, 0.2) is 8.32 Å². The van der Waals surface area contributed by atoms with Crippen molar-refractivity contribution in [1.82, 2.24) is 4.31 Å². The number of fused-ring (bicyclic) bond motifs is 1. The SMILES string of the molecule is COC(=O)[C@H]1[C@H](CO[Si](C)(C)C(C)(C)C)c2ccsc2CCN1S(=O)(=O)c1ccc(OC)cc1. The summed E-state index contributed by atoms with van der Waals surface area (Å²) in [5.74, 6) is -0.500. The zero-order valence-corrected chi connectivity index (χ0v) is 23.6. The van der Waals surface area contributed by atoms with Gasteiger partial charge in [-0.2, -0.15) is 4.31 Å². The fraction of sp³-hybridized carbons (Fsp3) is 0.542. The Hall–Kier alpha value is -1.72. The molecule has 0 saturated carbocycles. The molecule has 0 amide bonds. The number of hydrogen-bond acceptors (Lipinski definition) is 7. The Morgan fingerprint density at radius 1 is 1.15 bits per heavy atom. The molecule has 0 unspecified atom stereocenters. The van der Waals surface area contributed by atoms with Crippen LogP contribution >= 0.6 is 11.3 Å². The van der Waals surface area contributed by atoms with E-state index in [9.17, 15) is 13.2 Å². The molecule has 0 aliphatic carbocycles. The highest BCUT2D eigenvalue weighted by Gasteiger charge is 2.46. The van der Waals surface area contributed by atoms with Crippen molar-refractivity contribution in [3.63, 3.8) is 0 Å². The Labute approximate surface area is 208 Å². The highest BCUT2D eigenvalue weighted by molar-refractivity contribution is 7.89. The van der Waals surface area contributed by atoms with Crippen LogP contribution in [0.2, 0.25) is 18.1 Å². The van der Waals surface area contributed by atoms with Gasteiger partial charge in [-0.1, -0.05) is 20.8 Å². The zero-order chi connectivity index (χ0) is 25.3. The second-order valence-electron chi connectivity index (χ2n) is 9.99. The van der Waals surface area contributed by atoms with Crippen LogP contribution in [-0.2, 0) is 30.4 Å². The lowest BCUT2D eigenvalue weighted by atomic mass is 9.93. The smallest absolute Gasteiger partial charge is 0.324 e. The third kappa shape index (κ3) is 5.25. The molecule has 2 aromatic rings. The van der Waals surface area contributed by atoms with E-state index in [-0.39, 0.29) is 23.1 Å². The van der Waals surface area contributed by atoms with Gasteiger partial charge >= 0.3 is 5.97 Å². The Morgan fingerprint density at radius 2 is 1.79 bits per heavy atom. The van der Waals surface area contributed by atoms with Crippen molar-refractivity contribution in [1.29, 1.82) is 0 Å². The van der Waals surface area contributed by atoms with Crippen LogP contribution in [0.25, 0.3) is 0 Å². The Kier molecular flexibility index (Phi) is 7.98. The molecule has 0 fully saturated rings. The van der Waals surface area contributed by atoms with Crippen LogP contribution in [0, 0.1) is 0 Å². The summed E-state index contributed by atoms with van der Waals surface area (Å²) in [6.07, 6.45) is 0.520. The van der Waals surface area contributed by atoms with Crippen LogP contribution < -0.4 is 4.74 Å². The number of rotatable bonds is 7. The number of carbonyl (C=O) groups is 1. The monoisotopic (exact) mass is 525 g/mol. The van der Waals surface area contributed by atoms with Gasteiger partial charge in [0.2, 0.25) is 10.0 Å². The van der Waals surface area contributed by atoms with E-state index in [2.05, 4.69) is 33.9 Å². The molecule has 0 radical (unpaired) electrons. The Balaban J connectivity index is 2.07. The van der Waals surface area contributed by atoms with Crippen molar-refractivity contribution in [2.75, 3.05) is 27.4 Å². The van der Waals surface area contributed by atoms with Crippen molar-refractivity contribution >= 4 is 35.6 Å². The van der Waals surface area contributed by atoms with Crippen LogP contribution in [0.4, 0.5) is 0 Å². The number of sulfonamides is 1. The second kappa shape index (κ2) is 10.1. The highest BCUT2D eigenvalue weighted by atomic mass is 32.2. The minimum atomic E-state index is -3.99. The van der Waals surface area contributed by atoms with Crippen LogP contribution in [-0.4, -0.2) is 60.4 Å². The van der Waals surface area contributed by atoms with E-state index in [1.807, 2.05) is 11.4 Å². The molecule has 1 aromatic carbocycles. The van der Waals surface area contributed by atoms with Crippen molar-refractivity contribution in [3.05, 3.63) is 46.2 Å². The van der Waals surface area contributed by atoms with Gasteiger partial charge in [0.25, 0.3) is 0 Å². The zero-order valence-electron chi connectivity index (χ0n) is 21.0. The average molecular weight is 526 g/mol. The van der Waals surface area contributed by atoms with Crippen molar-refractivity contribution in [2.45, 2.75) is 62.2 Å². The summed E-state index contributed by atoms with van der Waals surface area (Å²) in [6.45, 7) is 11.2. The van der Waals surface area contributed by atoms with Crippen LogP contribution in [0.15, 0.2) is 40.6 Å². The van der Waals surface area contributed by atoms with Gasteiger partial charge in [0.05, 0.1) is 19.1 Å². The van der Waals surface area contributed by atoms with E-state index >= 15 is 0 Å². The average Bonchev–Trinajstić information content (AvgIpc) is 3.18. The normalized spacial score (nSPS) is 19.9. The highest BCUT2D eigenvalue weighted by Crippen LogP contribution is 2.41. The van der Waals surface area contributed by atoms with Crippen molar-refractivity contribution < 1.29 is 27.1 Å². The molecule has 7 nitrogen and oxygen atoms in total. The maximum atomic E-state index is 13.8. The summed E-state index contributed by atoms with van der Waals surface area (Å²) in [6, 6.07) is 7.17. The van der Waals surface area contributed by atoms with E-state index in [1.165, 1.54) is 30.7 Å². The molecule has 34 heavy (non-hydrogen) atoms. The number of methoxy groups -OCH3 is 2. The molecule has 0 saturated heterocycles. The molecule has 188 valence electrons. The van der Waals surface area contributed by atoms with E-state index in [4.69, 9.17) is 13.9 Å². The van der Waals surface area contributed by atoms with E-state index in [0.29, 0.717) is 12.2 Å². The molecule has 0 spiro atoms. The van der Waals surface area contributed by atoms with Crippen LogP contribution in [0.3, 0.4) is 0 Å². The van der Waals surface area contributed by atoms with Gasteiger partial charge in [-0.3, -0.25) is 4.79 Å². The summed E-state index contributed by atoms with van der Waals surface area (Å²) in [4.78, 5) is 14.4. The van der Waals surface area contributed by atoms with E-state index in [1.54, 1.807) is 23.5 Å². The molecular weight excluding hydrogens is 490 g/mol. The van der Waals surface area contributed by atoms with Gasteiger partial charge < -0.3 is 13.9 Å². The largest absolute Gasteiger partial charge is 0.497 e. The van der Waals surface area contributed by atoms with Gasteiger partial charge in [0.1, 0.15) is 11.8 Å². The Morgan fingerprint density at radius 3 is 2.35 bits per heavy atom. The molecule has 3 rings (SSSR count). The number of nitrogens with zero attached hydrogens (tertiary/aromatic N) is 1. The predicted octanol–water partition coefficient (Wildman–Crippen LogP) is 4.65. The molecular formula is C24H35NO6S2Si. The minimum Gasteiger partial charge on any atom is -0.497 e. The molecule has 2 atom stereocenters. The molecule has 0 N–H and O–H groups in total. The summed E-state index contributed by atoms with van der Waals surface area (Å²) in [7, 11) is -3.32. The van der Waals surface area contributed by atoms with Gasteiger partial charge in [-0.05, 0) is 65.8 Å². The first-order valence-corrected chi connectivity index (χ1v) is 16.5. The molecule has 1 aromatic heterocycles. The third-order valence-corrected chi connectivity index (χ3v) is 14.4.